The van der Waals surface area contributed by atoms with Crippen LogP contribution in [0.4, 0.5) is 0 Å². The zero-order valence-electron chi connectivity index (χ0n) is 8.10. The van der Waals surface area contributed by atoms with Gasteiger partial charge in [0, 0.05) is 13.8 Å². The molecule has 0 amide bonds. The zero-order chi connectivity index (χ0) is 11.1. The Labute approximate surface area is 80.4 Å². The third-order valence-corrected chi connectivity index (χ3v) is 1.91. The predicted octanol–water partition coefficient (Wildman–Crippen LogP) is -0.500. The highest BCUT2D eigenvalue weighted by Crippen LogP contribution is 2.30. The minimum atomic E-state index is -2.27. The Morgan fingerprint density at radius 1 is 1.57 bits per heavy atom. The number of cyclic esters (lactones) is 1. The summed E-state index contributed by atoms with van der Waals surface area (Å²) in [5.41, 5.74) is -2.27. The summed E-state index contributed by atoms with van der Waals surface area (Å²) < 4.78 is 9.70. The first kappa shape index (κ1) is 10.9. The van der Waals surface area contributed by atoms with Crippen molar-refractivity contribution in [2.45, 2.75) is 38.3 Å². The average molecular weight is 204 g/mol. The van der Waals surface area contributed by atoms with E-state index in [9.17, 15) is 14.7 Å². The van der Waals surface area contributed by atoms with E-state index in [-0.39, 0.29) is 0 Å². The fourth-order valence-corrected chi connectivity index (χ4v) is 1.11. The molecule has 0 aromatic rings. The van der Waals surface area contributed by atoms with Crippen molar-refractivity contribution in [1.29, 1.82) is 0 Å². The molecule has 1 aliphatic rings. The molecule has 0 aromatic heterocycles. The van der Waals surface area contributed by atoms with Gasteiger partial charge in [0.1, 0.15) is 0 Å². The fourth-order valence-electron chi connectivity index (χ4n) is 1.11. The highest BCUT2D eigenvalue weighted by Gasteiger charge is 2.54. The van der Waals surface area contributed by atoms with E-state index in [1.54, 1.807) is 0 Å². The number of carboxylic acid groups (broad SMARTS) is 1. The molecule has 0 saturated carbocycles. The van der Waals surface area contributed by atoms with Crippen LogP contribution in [0.2, 0.25) is 0 Å². The molecule has 0 spiro atoms. The van der Waals surface area contributed by atoms with Crippen molar-refractivity contribution in [1.82, 2.24) is 0 Å². The van der Waals surface area contributed by atoms with E-state index < -0.39 is 29.4 Å². The number of rotatable bonds is 2. The van der Waals surface area contributed by atoms with E-state index in [1.807, 2.05) is 0 Å². The summed E-state index contributed by atoms with van der Waals surface area (Å²) in [6.45, 7) is 3.91. The molecule has 0 bridgehead atoms. The second-order valence-electron chi connectivity index (χ2n) is 3.77. The minimum Gasteiger partial charge on any atom is -0.479 e. The molecule has 1 rings (SSSR count). The van der Waals surface area contributed by atoms with Crippen molar-refractivity contribution < 1.29 is 29.3 Å². The lowest BCUT2D eigenvalue weighted by molar-refractivity contribution is -0.186. The van der Waals surface area contributed by atoms with Gasteiger partial charge in [-0.15, -0.1) is 0 Å². The topological polar surface area (TPSA) is 93.1 Å². The Morgan fingerprint density at radius 2 is 2.07 bits per heavy atom. The summed E-state index contributed by atoms with van der Waals surface area (Å²) in [5, 5.41) is 18.1. The number of carboxylic acids is 1. The van der Waals surface area contributed by atoms with E-state index in [2.05, 4.69) is 0 Å². The SMILES string of the molecule is CC1(C)OC(=O)C(C(C)(O)C(=O)O)O1. The Kier molecular flexibility index (Phi) is 2.29. The standard InChI is InChI=1S/C8H12O6/c1-7(2)13-4(5(9)14-7)8(3,12)6(10)11/h4,12H,1-3H3,(H,10,11). The van der Waals surface area contributed by atoms with Gasteiger partial charge < -0.3 is 19.7 Å². The Bertz CT molecular complexity index is 280. The number of aliphatic hydroxyl groups is 1. The summed E-state index contributed by atoms with van der Waals surface area (Å²) in [5.74, 6) is -3.60. The summed E-state index contributed by atoms with van der Waals surface area (Å²) in [7, 11) is 0. The summed E-state index contributed by atoms with van der Waals surface area (Å²) >= 11 is 0. The molecule has 2 unspecified atom stereocenters. The van der Waals surface area contributed by atoms with Crippen LogP contribution in [-0.4, -0.2) is 39.6 Å². The number of carbonyl (C=O) groups is 2. The van der Waals surface area contributed by atoms with Crippen molar-refractivity contribution >= 4 is 11.9 Å². The third kappa shape index (κ3) is 1.71. The van der Waals surface area contributed by atoms with Gasteiger partial charge in [-0.1, -0.05) is 0 Å². The molecule has 0 aromatic carbocycles. The van der Waals surface area contributed by atoms with Crippen molar-refractivity contribution in [2.75, 3.05) is 0 Å². The number of esters is 1. The molecule has 2 atom stereocenters. The van der Waals surface area contributed by atoms with Gasteiger partial charge in [0.25, 0.3) is 0 Å². The van der Waals surface area contributed by atoms with Crippen LogP contribution in [0, 0.1) is 0 Å². The van der Waals surface area contributed by atoms with Crippen molar-refractivity contribution in [2.24, 2.45) is 0 Å². The molecule has 14 heavy (non-hydrogen) atoms. The van der Waals surface area contributed by atoms with Gasteiger partial charge in [0.15, 0.2) is 11.7 Å². The van der Waals surface area contributed by atoms with Crippen LogP contribution in [-0.2, 0) is 19.1 Å². The van der Waals surface area contributed by atoms with Gasteiger partial charge in [-0.2, -0.15) is 0 Å². The molecule has 2 N–H and O–H groups in total. The fraction of sp³-hybridized carbons (Fsp3) is 0.750. The quantitative estimate of drug-likeness (QED) is 0.589. The maximum atomic E-state index is 11.2. The number of carbonyl (C=O) groups excluding carboxylic acids is 1. The van der Waals surface area contributed by atoms with Crippen LogP contribution in [0.25, 0.3) is 0 Å². The second-order valence-corrected chi connectivity index (χ2v) is 3.77. The zero-order valence-corrected chi connectivity index (χ0v) is 8.10. The van der Waals surface area contributed by atoms with Gasteiger partial charge in [0.05, 0.1) is 0 Å². The molecule has 1 saturated heterocycles. The van der Waals surface area contributed by atoms with Crippen molar-refractivity contribution in [3.63, 3.8) is 0 Å². The Hall–Kier alpha value is -1.14. The number of aliphatic carboxylic acids is 1. The van der Waals surface area contributed by atoms with Crippen LogP contribution in [0.3, 0.4) is 0 Å². The van der Waals surface area contributed by atoms with Crippen molar-refractivity contribution in [3.05, 3.63) is 0 Å². The van der Waals surface area contributed by atoms with Crippen molar-refractivity contribution in [3.8, 4) is 0 Å². The normalized spacial score (nSPS) is 29.4. The average Bonchev–Trinajstić information content (AvgIpc) is 2.24. The van der Waals surface area contributed by atoms with Gasteiger partial charge in [-0.3, -0.25) is 0 Å². The number of hydrogen-bond donors (Lipinski definition) is 2. The molecule has 6 nitrogen and oxygen atoms in total. The number of ether oxygens (including phenoxy) is 2. The molecular formula is C8H12O6. The molecule has 1 fully saturated rings. The number of hydrogen-bond acceptors (Lipinski definition) is 5. The van der Waals surface area contributed by atoms with Crippen LogP contribution in [0.15, 0.2) is 0 Å². The van der Waals surface area contributed by atoms with Gasteiger partial charge in [-0.25, -0.2) is 9.59 Å². The van der Waals surface area contributed by atoms with Gasteiger partial charge >= 0.3 is 11.9 Å². The van der Waals surface area contributed by atoms with E-state index in [1.165, 1.54) is 13.8 Å². The summed E-state index contributed by atoms with van der Waals surface area (Å²) in [4.78, 5) is 21.8. The first-order valence-electron chi connectivity index (χ1n) is 4.03. The largest absolute Gasteiger partial charge is 0.479 e. The second kappa shape index (κ2) is 2.93. The monoisotopic (exact) mass is 204 g/mol. The van der Waals surface area contributed by atoms with E-state index in [0.29, 0.717) is 0 Å². The molecule has 1 heterocycles. The molecule has 6 heteroatoms. The lowest BCUT2D eigenvalue weighted by Gasteiger charge is -2.22. The highest BCUT2D eigenvalue weighted by atomic mass is 16.8. The van der Waals surface area contributed by atoms with Crippen LogP contribution < -0.4 is 0 Å². The molecule has 80 valence electrons. The van der Waals surface area contributed by atoms with E-state index >= 15 is 0 Å². The van der Waals surface area contributed by atoms with Crippen LogP contribution in [0.5, 0.6) is 0 Å². The Morgan fingerprint density at radius 3 is 2.36 bits per heavy atom. The molecule has 0 radical (unpaired) electrons. The summed E-state index contributed by atoms with van der Waals surface area (Å²) in [6, 6.07) is 0. The smallest absolute Gasteiger partial charge is 0.341 e. The Balaban J connectivity index is 2.91. The predicted molar refractivity (Wildman–Crippen MR) is 43.3 cm³/mol. The third-order valence-electron chi connectivity index (χ3n) is 1.91. The lowest BCUT2D eigenvalue weighted by Crippen LogP contribution is -2.50. The first-order valence-corrected chi connectivity index (χ1v) is 4.03. The van der Waals surface area contributed by atoms with E-state index in [0.717, 1.165) is 6.92 Å². The maximum Gasteiger partial charge on any atom is 0.341 e. The van der Waals surface area contributed by atoms with Gasteiger partial charge in [0.2, 0.25) is 5.79 Å². The minimum absolute atomic E-state index is 0.873. The highest BCUT2D eigenvalue weighted by molar-refractivity contribution is 5.88. The molecular weight excluding hydrogens is 192 g/mol. The first-order chi connectivity index (χ1) is 6.17. The molecule has 0 aliphatic carbocycles. The van der Waals surface area contributed by atoms with Crippen LogP contribution >= 0.6 is 0 Å². The van der Waals surface area contributed by atoms with Crippen LogP contribution in [0.1, 0.15) is 20.8 Å². The van der Waals surface area contributed by atoms with Gasteiger partial charge in [-0.05, 0) is 6.92 Å². The lowest BCUT2D eigenvalue weighted by atomic mass is 10.00. The summed E-state index contributed by atoms with van der Waals surface area (Å²) in [6.07, 6.45) is -1.49. The maximum absolute atomic E-state index is 11.2. The van der Waals surface area contributed by atoms with E-state index in [4.69, 9.17) is 14.6 Å². The molecule has 1 aliphatic heterocycles.